The Morgan fingerprint density at radius 3 is 2.66 bits per heavy atom. The summed E-state index contributed by atoms with van der Waals surface area (Å²) in [5.74, 6) is -1.70. The first-order chi connectivity index (χ1) is 14.0. The topological polar surface area (TPSA) is 58.6 Å². The zero-order valence-corrected chi connectivity index (χ0v) is 16.4. The zero-order chi connectivity index (χ0) is 20.4. The zero-order valence-electron chi connectivity index (χ0n) is 16.4. The SMILES string of the molecule is COc1ncc(C(=O)N2CCC3(CCCN(Cc4ccc(F)c(F)c4)C3)C2)cn1. The Kier molecular flexibility index (Phi) is 5.45. The third-order valence-electron chi connectivity index (χ3n) is 5.91. The van der Waals surface area contributed by atoms with E-state index in [1.807, 2.05) is 4.90 Å². The molecule has 6 nitrogen and oxygen atoms in total. The van der Waals surface area contributed by atoms with Crippen LogP contribution in [0.1, 0.15) is 35.2 Å². The summed E-state index contributed by atoms with van der Waals surface area (Å²) in [6.07, 6.45) is 6.01. The third-order valence-corrected chi connectivity index (χ3v) is 5.91. The van der Waals surface area contributed by atoms with E-state index in [0.717, 1.165) is 37.9 Å². The van der Waals surface area contributed by atoms with Crippen LogP contribution in [0, 0.1) is 17.0 Å². The van der Waals surface area contributed by atoms with Gasteiger partial charge in [0, 0.05) is 44.0 Å². The van der Waals surface area contributed by atoms with Crippen LogP contribution in [-0.4, -0.2) is 59.0 Å². The number of halogens is 2. The minimum Gasteiger partial charge on any atom is -0.467 e. The normalized spacial score (nSPS) is 22.2. The molecule has 1 spiro atoms. The smallest absolute Gasteiger partial charge is 0.316 e. The van der Waals surface area contributed by atoms with Crippen molar-refractivity contribution in [1.29, 1.82) is 0 Å². The highest BCUT2D eigenvalue weighted by Gasteiger charge is 2.42. The molecule has 8 heteroatoms. The van der Waals surface area contributed by atoms with Gasteiger partial charge in [0.1, 0.15) is 0 Å². The second kappa shape index (κ2) is 8.02. The van der Waals surface area contributed by atoms with E-state index in [1.165, 1.54) is 31.6 Å². The molecule has 29 heavy (non-hydrogen) atoms. The number of amides is 1. The Hall–Kier alpha value is -2.61. The summed E-state index contributed by atoms with van der Waals surface area (Å²) >= 11 is 0. The second-order valence-corrected chi connectivity index (χ2v) is 8.00. The Morgan fingerprint density at radius 2 is 1.93 bits per heavy atom. The van der Waals surface area contributed by atoms with Crippen LogP contribution in [0.5, 0.6) is 6.01 Å². The van der Waals surface area contributed by atoms with Gasteiger partial charge in [-0.05, 0) is 43.5 Å². The van der Waals surface area contributed by atoms with Gasteiger partial charge >= 0.3 is 6.01 Å². The Labute approximate surface area is 168 Å². The fourth-order valence-electron chi connectivity index (χ4n) is 4.50. The number of likely N-dealkylation sites (tertiary alicyclic amines) is 2. The Bertz CT molecular complexity index is 893. The van der Waals surface area contributed by atoms with E-state index in [1.54, 1.807) is 6.07 Å². The van der Waals surface area contributed by atoms with E-state index >= 15 is 0 Å². The number of aromatic nitrogens is 2. The summed E-state index contributed by atoms with van der Waals surface area (Å²) in [6.45, 7) is 3.73. The summed E-state index contributed by atoms with van der Waals surface area (Å²) in [6, 6.07) is 4.31. The summed E-state index contributed by atoms with van der Waals surface area (Å²) < 4.78 is 31.6. The predicted octanol–water partition coefficient (Wildman–Crippen LogP) is 2.89. The van der Waals surface area contributed by atoms with Crippen LogP contribution in [-0.2, 0) is 6.54 Å². The maximum atomic E-state index is 13.5. The van der Waals surface area contributed by atoms with Gasteiger partial charge in [-0.25, -0.2) is 18.7 Å². The molecule has 154 valence electrons. The van der Waals surface area contributed by atoms with Gasteiger partial charge in [-0.3, -0.25) is 9.69 Å². The fourth-order valence-corrected chi connectivity index (χ4v) is 4.50. The lowest BCUT2D eigenvalue weighted by Gasteiger charge is -2.40. The molecule has 4 rings (SSSR count). The molecule has 2 aliphatic heterocycles. The molecule has 1 aromatic carbocycles. The lowest BCUT2D eigenvalue weighted by Crippen LogP contribution is -2.45. The van der Waals surface area contributed by atoms with Gasteiger partial charge in [0.05, 0.1) is 12.7 Å². The van der Waals surface area contributed by atoms with Gasteiger partial charge in [-0.2, -0.15) is 0 Å². The highest BCUT2D eigenvalue weighted by molar-refractivity contribution is 5.93. The molecule has 2 aromatic rings. The first kappa shape index (κ1) is 19.7. The molecular weight excluding hydrogens is 378 g/mol. The Balaban J connectivity index is 1.40. The predicted molar refractivity (Wildman–Crippen MR) is 102 cm³/mol. The van der Waals surface area contributed by atoms with E-state index in [2.05, 4.69) is 14.9 Å². The van der Waals surface area contributed by atoms with Gasteiger partial charge < -0.3 is 9.64 Å². The third kappa shape index (κ3) is 4.22. The minimum absolute atomic E-state index is 0.0415. The number of methoxy groups -OCH3 is 1. The number of nitrogens with zero attached hydrogens (tertiary/aromatic N) is 4. The van der Waals surface area contributed by atoms with Gasteiger partial charge in [0.15, 0.2) is 11.6 Å². The molecule has 1 aromatic heterocycles. The molecule has 0 radical (unpaired) electrons. The molecule has 2 saturated heterocycles. The van der Waals surface area contributed by atoms with Crippen molar-refractivity contribution >= 4 is 5.91 Å². The number of carbonyl (C=O) groups is 1. The summed E-state index contributed by atoms with van der Waals surface area (Å²) in [5, 5.41) is 0. The van der Waals surface area contributed by atoms with Crippen LogP contribution in [0.25, 0.3) is 0 Å². The van der Waals surface area contributed by atoms with Gasteiger partial charge in [0.2, 0.25) is 0 Å². The minimum atomic E-state index is -0.823. The monoisotopic (exact) mass is 402 g/mol. The number of benzene rings is 1. The molecule has 0 N–H and O–H groups in total. The van der Waals surface area contributed by atoms with Crippen molar-refractivity contribution in [3.05, 3.63) is 53.4 Å². The summed E-state index contributed by atoms with van der Waals surface area (Å²) in [7, 11) is 1.48. The maximum Gasteiger partial charge on any atom is 0.316 e. The van der Waals surface area contributed by atoms with Crippen molar-refractivity contribution in [3.8, 4) is 6.01 Å². The van der Waals surface area contributed by atoms with Crippen LogP contribution in [0.4, 0.5) is 8.78 Å². The van der Waals surface area contributed by atoms with Crippen LogP contribution in [0.15, 0.2) is 30.6 Å². The molecule has 2 aliphatic rings. The van der Waals surface area contributed by atoms with Crippen molar-refractivity contribution in [2.75, 3.05) is 33.3 Å². The Morgan fingerprint density at radius 1 is 1.14 bits per heavy atom. The molecule has 0 saturated carbocycles. The first-order valence-electron chi connectivity index (χ1n) is 9.80. The van der Waals surface area contributed by atoms with Crippen molar-refractivity contribution in [3.63, 3.8) is 0 Å². The van der Waals surface area contributed by atoms with Crippen LogP contribution < -0.4 is 4.74 Å². The largest absolute Gasteiger partial charge is 0.467 e. The molecule has 1 unspecified atom stereocenters. The molecule has 2 fully saturated rings. The van der Waals surface area contributed by atoms with Crippen LogP contribution in [0.2, 0.25) is 0 Å². The van der Waals surface area contributed by atoms with Crippen molar-refractivity contribution in [2.24, 2.45) is 5.41 Å². The number of ether oxygens (including phenoxy) is 1. The quantitative estimate of drug-likeness (QED) is 0.787. The highest BCUT2D eigenvalue weighted by atomic mass is 19.2. The number of carbonyl (C=O) groups excluding carboxylic acids is 1. The standard InChI is InChI=1S/C21H24F2N4O2/c1-29-20-24-10-16(11-25-20)19(28)27-8-6-21(14-27)5-2-7-26(13-21)12-15-3-4-17(22)18(23)9-15/h3-4,9-11H,2,5-8,12-14H2,1H3. The maximum absolute atomic E-state index is 13.5. The van der Waals surface area contributed by atoms with Crippen molar-refractivity contribution in [1.82, 2.24) is 19.8 Å². The number of piperidine rings is 1. The van der Waals surface area contributed by atoms with E-state index in [-0.39, 0.29) is 17.3 Å². The molecular formula is C21H24F2N4O2. The highest BCUT2D eigenvalue weighted by Crippen LogP contribution is 2.39. The molecule has 0 aliphatic carbocycles. The number of hydrogen-bond acceptors (Lipinski definition) is 5. The number of rotatable bonds is 4. The van der Waals surface area contributed by atoms with E-state index in [9.17, 15) is 13.6 Å². The second-order valence-electron chi connectivity index (χ2n) is 8.00. The molecule has 1 atom stereocenters. The average Bonchev–Trinajstić information content (AvgIpc) is 3.13. The summed E-state index contributed by atoms with van der Waals surface area (Å²) in [4.78, 5) is 25.0. The van der Waals surface area contributed by atoms with Crippen molar-refractivity contribution < 1.29 is 18.3 Å². The molecule has 3 heterocycles. The summed E-state index contributed by atoms with van der Waals surface area (Å²) in [5.41, 5.74) is 1.26. The van der Waals surface area contributed by atoms with Gasteiger partial charge in [0.25, 0.3) is 5.91 Å². The first-order valence-corrected chi connectivity index (χ1v) is 9.80. The number of hydrogen-bond donors (Lipinski definition) is 0. The van der Waals surface area contributed by atoms with Crippen LogP contribution >= 0.6 is 0 Å². The van der Waals surface area contributed by atoms with E-state index in [0.29, 0.717) is 25.2 Å². The van der Waals surface area contributed by atoms with Crippen LogP contribution in [0.3, 0.4) is 0 Å². The van der Waals surface area contributed by atoms with E-state index < -0.39 is 11.6 Å². The lowest BCUT2D eigenvalue weighted by atomic mass is 9.79. The van der Waals surface area contributed by atoms with Gasteiger partial charge in [-0.15, -0.1) is 0 Å². The molecule has 1 amide bonds. The molecule has 0 bridgehead atoms. The van der Waals surface area contributed by atoms with Gasteiger partial charge in [-0.1, -0.05) is 6.07 Å². The van der Waals surface area contributed by atoms with Crippen molar-refractivity contribution in [2.45, 2.75) is 25.8 Å². The van der Waals surface area contributed by atoms with E-state index in [4.69, 9.17) is 4.74 Å². The average molecular weight is 402 g/mol. The lowest BCUT2D eigenvalue weighted by molar-refractivity contribution is 0.0674. The fraction of sp³-hybridized carbons (Fsp3) is 0.476.